The molecule has 0 fully saturated rings. The molecule has 2 N–H and O–H groups in total. The summed E-state index contributed by atoms with van der Waals surface area (Å²) >= 11 is 0. The first-order valence-electron chi connectivity index (χ1n) is 6.16. The van der Waals surface area contributed by atoms with Gasteiger partial charge in [-0.15, -0.1) is 13.2 Å². The van der Waals surface area contributed by atoms with Crippen LogP contribution in [0.3, 0.4) is 0 Å². The summed E-state index contributed by atoms with van der Waals surface area (Å²) in [6.07, 6.45) is -4.07. The Labute approximate surface area is 114 Å². The van der Waals surface area contributed by atoms with E-state index in [1.807, 2.05) is 19.9 Å². The van der Waals surface area contributed by atoms with Crippen molar-refractivity contribution >= 4 is 10.9 Å². The number of aryl methyl sites for hydroxylation is 1. The Balaban J connectivity index is 2.41. The minimum Gasteiger partial charge on any atom is -0.406 e. The fraction of sp³-hybridized carbons (Fsp3) is 0.357. The van der Waals surface area contributed by atoms with Crippen LogP contribution in [0, 0.1) is 6.92 Å². The van der Waals surface area contributed by atoms with E-state index in [2.05, 4.69) is 9.72 Å². The van der Waals surface area contributed by atoms with Crippen molar-refractivity contribution in [1.29, 1.82) is 0 Å². The van der Waals surface area contributed by atoms with Gasteiger partial charge in [0.1, 0.15) is 5.75 Å². The molecule has 1 aromatic carbocycles. The van der Waals surface area contributed by atoms with E-state index in [1.165, 1.54) is 18.2 Å². The summed E-state index contributed by atoms with van der Waals surface area (Å²) in [5.74, 6) is -0.241. The van der Waals surface area contributed by atoms with Gasteiger partial charge in [0.25, 0.3) is 0 Å². The fourth-order valence-electron chi connectivity index (χ4n) is 2.07. The molecule has 2 aromatic rings. The first-order chi connectivity index (χ1) is 9.24. The molecule has 3 nitrogen and oxygen atoms in total. The Morgan fingerprint density at radius 3 is 2.60 bits per heavy atom. The summed E-state index contributed by atoms with van der Waals surface area (Å²) in [7, 11) is 0. The summed E-state index contributed by atoms with van der Waals surface area (Å²) in [6.45, 7) is 3.70. The summed E-state index contributed by atoms with van der Waals surface area (Å²) in [5.41, 5.74) is 8.04. The zero-order valence-electron chi connectivity index (χ0n) is 11.2. The second kappa shape index (κ2) is 5.28. The number of benzene rings is 1. The molecule has 6 heteroatoms. The highest BCUT2D eigenvalue weighted by molar-refractivity contribution is 5.83. The van der Waals surface area contributed by atoms with Gasteiger partial charge in [-0.2, -0.15) is 0 Å². The van der Waals surface area contributed by atoms with E-state index in [4.69, 9.17) is 5.73 Å². The van der Waals surface area contributed by atoms with Crippen LogP contribution in [0.1, 0.15) is 18.2 Å². The second-order valence-electron chi connectivity index (χ2n) is 4.84. The van der Waals surface area contributed by atoms with E-state index in [1.54, 1.807) is 0 Å². The first kappa shape index (κ1) is 14.6. The van der Waals surface area contributed by atoms with E-state index in [0.29, 0.717) is 17.3 Å². The van der Waals surface area contributed by atoms with Crippen molar-refractivity contribution in [3.63, 3.8) is 0 Å². The van der Waals surface area contributed by atoms with Crippen LogP contribution in [-0.2, 0) is 6.42 Å². The number of nitrogens with zero attached hydrogens (tertiary/aromatic N) is 1. The molecule has 1 heterocycles. The van der Waals surface area contributed by atoms with Crippen LogP contribution >= 0.6 is 0 Å². The van der Waals surface area contributed by atoms with Crippen LogP contribution in [0.4, 0.5) is 13.2 Å². The van der Waals surface area contributed by atoms with Crippen molar-refractivity contribution in [2.75, 3.05) is 0 Å². The van der Waals surface area contributed by atoms with E-state index in [-0.39, 0.29) is 11.8 Å². The lowest BCUT2D eigenvalue weighted by atomic mass is 10.1. The molecule has 20 heavy (non-hydrogen) atoms. The number of pyridine rings is 1. The highest BCUT2D eigenvalue weighted by atomic mass is 19.4. The smallest absolute Gasteiger partial charge is 0.406 e. The number of ether oxygens (including phenoxy) is 1. The summed E-state index contributed by atoms with van der Waals surface area (Å²) in [4.78, 5) is 4.40. The molecule has 0 radical (unpaired) electrons. The van der Waals surface area contributed by atoms with Gasteiger partial charge in [0, 0.05) is 23.5 Å². The Hall–Kier alpha value is -1.82. The average Bonchev–Trinajstić information content (AvgIpc) is 2.27. The van der Waals surface area contributed by atoms with Crippen LogP contribution in [0.2, 0.25) is 0 Å². The third-order valence-corrected chi connectivity index (χ3v) is 2.80. The number of hydrogen-bond acceptors (Lipinski definition) is 3. The molecular formula is C14H15F3N2O. The summed E-state index contributed by atoms with van der Waals surface area (Å²) < 4.78 is 40.5. The Morgan fingerprint density at radius 2 is 2.00 bits per heavy atom. The van der Waals surface area contributed by atoms with E-state index < -0.39 is 6.36 Å². The van der Waals surface area contributed by atoms with Gasteiger partial charge in [0.05, 0.1) is 5.52 Å². The number of alkyl halides is 3. The van der Waals surface area contributed by atoms with Gasteiger partial charge in [-0.05, 0) is 43.7 Å². The maximum Gasteiger partial charge on any atom is 0.573 e. The van der Waals surface area contributed by atoms with E-state index in [9.17, 15) is 13.2 Å². The van der Waals surface area contributed by atoms with Gasteiger partial charge in [0.2, 0.25) is 0 Å². The molecule has 0 aliphatic rings. The van der Waals surface area contributed by atoms with Crippen molar-refractivity contribution in [3.8, 4) is 5.75 Å². The van der Waals surface area contributed by atoms with Crippen LogP contribution in [-0.4, -0.2) is 17.4 Å². The van der Waals surface area contributed by atoms with Crippen LogP contribution in [0.5, 0.6) is 5.75 Å². The van der Waals surface area contributed by atoms with Crippen molar-refractivity contribution in [2.24, 2.45) is 5.73 Å². The molecule has 0 spiro atoms. The molecule has 0 aliphatic carbocycles. The van der Waals surface area contributed by atoms with Crippen molar-refractivity contribution < 1.29 is 17.9 Å². The van der Waals surface area contributed by atoms with Crippen molar-refractivity contribution in [1.82, 2.24) is 4.98 Å². The van der Waals surface area contributed by atoms with Crippen LogP contribution < -0.4 is 10.5 Å². The number of aromatic nitrogens is 1. The second-order valence-corrected chi connectivity index (χ2v) is 4.84. The van der Waals surface area contributed by atoms with Gasteiger partial charge < -0.3 is 10.5 Å². The highest BCUT2D eigenvalue weighted by Crippen LogP contribution is 2.27. The zero-order valence-corrected chi connectivity index (χ0v) is 11.2. The zero-order chi connectivity index (χ0) is 14.9. The van der Waals surface area contributed by atoms with Crippen LogP contribution in [0.15, 0.2) is 24.3 Å². The summed E-state index contributed by atoms with van der Waals surface area (Å²) in [6, 6.07) is 5.95. The molecule has 2 rings (SSSR count). The van der Waals surface area contributed by atoms with Gasteiger partial charge in [0.15, 0.2) is 0 Å². The highest BCUT2D eigenvalue weighted by Gasteiger charge is 2.31. The lowest BCUT2D eigenvalue weighted by molar-refractivity contribution is -0.274. The van der Waals surface area contributed by atoms with E-state index in [0.717, 1.165) is 11.3 Å². The number of halogens is 3. The first-order valence-corrected chi connectivity index (χ1v) is 6.16. The fourth-order valence-corrected chi connectivity index (χ4v) is 2.07. The molecule has 0 bridgehead atoms. The number of hydrogen-bond donors (Lipinski definition) is 1. The molecule has 1 unspecified atom stereocenters. The van der Waals surface area contributed by atoms with Gasteiger partial charge in [-0.1, -0.05) is 0 Å². The predicted molar refractivity (Wildman–Crippen MR) is 70.5 cm³/mol. The minimum absolute atomic E-state index is 0.0211. The SMILES string of the molecule is Cc1cc(CC(C)N)nc2ccc(OC(F)(F)F)cc12. The molecule has 0 aliphatic heterocycles. The van der Waals surface area contributed by atoms with E-state index >= 15 is 0 Å². The minimum atomic E-state index is -4.69. The van der Waals surface area contributed by atoms with Gasteiger partial charge in [-0.25, -0.2) is 0 Å². The number of rotatable bonds is 3. The third kappa shape index (κ3) is 3.60. The predicted octanol–water partition coefficient (Wildman–Crippen LogP) is 3.33. The Kier molecular flexibility index (Phi) is 3.85. The van der Waals surface area contributed by atoms with Crippen molar-refractivity contribution in [2.45, 2.75) is 32.7 Å². The maximum atomic E-state index is 12.2. The van der Waals surface area contributed by atoms with Gasteiger partial charge >= 0.3 is 6.36 Å². The lowest BCUT2D eigenvalue weighted by Gasteiger charge is -2.12. The average molecular weight is 284 g/mol. The molecule has 0 saturated heterocycles. The molecule has 1 aromatic heterocycles. The Bertz CT molecular complexity index is 624. The largest absolute Gasteiger partial charge is 0.573 e. The quantitative estimate of drug-likeness (QED) is 0.940. The number of nitrogens with two attached hydrogens (primary N) is 1. The Morgan fingerprint density at radius 1 is 1.30 bits per heavy atom. The molecule has 1 atom stereocenters. The standard InChI is InChI=1S/C14H15F3N2O/c1-8-5-10(6-9(2)18)19-13-4-3-11(7-12(8)13)20-14(15,16)17/h3-5,7,9H,6,18H2,1-2H3. The maximum absolute atomic E-state index is 12.2. The molecule has 108 valence electrons. The molecule has 0 saturated carbocycles. The molecule has 0 amide bonds. The van der Waals surface area contributed by atoms with Gasteiger partial charge in [-0.3, -0.25) is 4.98 Å². The third-order valence-electron chi connectivity index (χ3n) is 2.80. The van der Waals surface area contributed by atoms with Crippen LogP contribution in [0.25, 0.3) is 10.9 Å². The molecular weight excluding hydrogens is 269 g/mol. The van der Waals surface area contributed by atoms with Crippen molar-refractivity contribution in [3.05, 3.63) is 35.5 Å². The lowest BCUT2D eigenvalue weighted by Crippen LogP contribution is -2.18. The monoisotopic (exact) mass is 284 g/mol. The normalized spacial score (nSPS) is 13.5. The topological polar surface area (TPSA) is 48.1 Å². The number of fused-ring (bicyclic) bond motifs is 1. The summed E-state index contributed by atoms with van der Waals surface area (Å²) in [5, 5.41) is 0.639.